The Morgan fingerprint density at radius 3 is 2.25 bits per heavy atom. The maximum atomic E-state index is 13.5. The number of Topliss-reactive ketones (excluding diaryl/α,β-unsaturated/α-hetero) is 1. The van der Waals surface area contributed by atoms with E-state index in [0.29, 0.717) is 13.0 Å². The van der Waals surface area contributed by atoms with E-state index < -0.39 is 0 Å². The minimum atomic E-state index is 0.120. The minimum Gasteiger partial charge on any atom is -0.495 e. The molecule has 1 N–H and O–H groups in total. The fourth-order valence-electron chi connectivity index (χ4n) is 4.57. The number of nitrogens with one attached hydrogen (secondary N) is 1. The van der Waals surface area contributed by atoms with Gasteiger partial charge in [0.1, 0.15) is 11.4 Å². The van der Waals surface area contributed by atoms with Crippen molar-refractivity contribution in [1.82, 2.24) is 4.90 Å². The first kappa shape index (κ1) is 21.7. The number of hydrogen-bond acceptors (Lipinski definition) is 4. The lowest BCUT2D eigenvalue weighted by Gasteiger charge is -2.37. The fraction of sp³-hybridized carbons (Fsp3) is 0.250. The van der Waals surface area contributed by atoms with Gasteiger partial charge in [0.25, 0.3) is 0 Å². The third-order valence-electron chi connectivity index (χ3n) is 6.23. The molecule has 0 spiro atoms. The smallest absolute Gasteiger partial charge is 0.181 e. The third-order valence-corrected chi connectivity index (χ3v) is 6.23. The summed E-state index contributed by atoms with van der Waals surface area (Å²) in [5.41, 5.74) is 4.92. The third kappa shape index (κ3) is 4.54. The summed E-state index contributed by atoms with van der Waals surface area (Å²) in [6, 6.07) is 28.4. The highest BCUT2D eigenvalue weighted by Crippen LogP contribution is 2.41. The molecule has 0 radical (unpaired) electrons. The van der Waals surface area contributed by atoms with Crippen LogP contribution in [0.3, 0.4) is 0 Å². The van der Waals surface area contributed by atoms with Crippen LogP contribution in [0, 0.1) is 5.92 Å². The van der Waals surface area contributed by atoms with Crippen LogP contribution in [0.1, 0.15) is 30.4 Å². The predicted octanol–water partition coefficient (Wildman–Crippen LogP) is 5.84. The highest BCUT2D eigenvalue weighted by molar-refractivity contribution is 5.98. The average Bonchev–Trinajstić information content (AvgIpc) is 2.82. The Labute approximate surface area is 190 Å². The Morgan fingerprint density at radius 1 is 0.938 bits per heavy atom. The zero-order chi connectivity index (χ0) is 22.5. The molecule has 4 rings (SSSR count). The molecule has 0 saturated heterocycles. The van der Waals surface area contributed by atoms with Crippen molar-refractivity contribution in [3.05, 3.63) is 107 Å². The number of ketones is 1. The number of likely N-dealkylation sites (N-methyl/N-ethyl adjacent to an activating group) is 1. The maximum Gasteiger partial charge on any atom is 0.181 e. The van der Waals surface area contributed by atoms with Crippen LogP contribution in [0.4, 0.5) is 5.69 Å². The average molecular weight is 427 g/mol. The van der Waals surface area contributed by atoms with Gasteiger partial charge in [0.2, 0.25) is 0 Å². The molecule has 1 aliphatic carbocycles. The Bertz CT molecular complexity index is 1090. The Morgan fingerprint density at radius 2 is 1.56 bits per heavy atom. The molecule has 0 heterocycles. The zero-order valence-corrected chi connectivity index (χ0v) is 18.9. The number of carbonyl (C=O) groups is 1. The Balaban J connectivity index is 1.76. The number of carbonyl (C=O) groups excluding carboxylic acids is 1. The second kappa shape index (κ2) is 9.73. The van der Waals surface area contributed by atoms with Crippen LogP contribution in [0.15, 0.2) is 96.3 Å². The molecule has 3 aromatic carbocycles. The van der Waals surface area contributed by atoms with Crippen LogP contribution in [0.5, 0.6) is 5.75 Å². The van der Waals surface area contributed by atoms with Gasteiger partial charge in [0, 0.05) is 31.6 Å². The fourth-order valence-corrected chi connectivity index (χ4v) is 4.57. The van der Waals surface area contributed by atoms with E-state index in [-0.39, 0.29) is 17.6 Å². The van der Waals surface area contributed by atoms with E-state index in [1.54, 1.807) is 7.11 Å². The molecule has 2 atom stereocenters. The zero-order valence-electron chi connectivity index (χ0n) is 18.9. The highest BCUT2D eigenvalue weighted by atomic mass is 16.5. The van der Waals surface area contributed by atoms with Gasteiger partial charge < -0.3 is 15.0 Å². The van der Waals surface area contributed by atoms with Crippen molar-refractivity contribution in [1.29, 1.82) is 0 Å². The Hall–Kier alpha value is -3.53. The summed E-state index contributed by atoms with van der Waals surface area (Å²) in [4.78, 5) is 15.6. The van der Waals surface area contributed by atoms with Gasteiger partial charge in [-0.1, -0.05) is 79.7 Å². The summed E-state index contributed by atoms with van der Waals surface area (Å²) in [5, 5.41) is 3.59. The number of rotatable bonds is 7. The van der Waals surface area contributed by atoms with E-state index in [1.807, 2.05) is 67.7 Å². The molecule has 1 aliphatic rings. The van der Waals surface area contributed by atoms with Crippen LogP contribution < -0.4 is 10.1 Å². The number of para-hydroxylation sites is 2. The lowest BCUT2D eigenvalue weighted by Crippen LogP contribution is -2.35. The number of hydrogen-bond donors (Lipinski definition) is 1. The summed E-state index contributed by atoms with van der Waals surface area (Å²) in [6.45, 7) is 2.87. The van der Waals surface area contributed by atoms with Crippen molar-refractivity contribution in [2.24, 2.45) is 5.92 Å². The number of ether oxygens (including phenoxy) is 1. The molecule has 0 amide bonds. The monoisotopic (exact) mass is 426 g/mol. The maximum absolute atomic E-state index is 13.5. The largest absolute Gasteiger partial charge is 0.495 e. The molecule has 0 bridgehead atoms. The van der Waals surface area contributed by atoms with Crippen molar-refractivity contribution >= 4 is 11.5 Å². The predicted molar refractivity (Wildman–Crippen MR) is 130 cm³/mol. The normalized spacial score (nSPS) is 18.4. The molecule has 4 heteroatoms. The van der Waals surface area contributed by atoms with Gasteiger partial charge in [0.15, 0.2) is 5.78 Å². The molecule has 0 fully saturated rings. The first-order chi connectivity index (χ1) is 15.6. The lowest BCUT2D eigenvalue weighted by atomic mass is 9.76. The van der Waals surface area contributed by atoms with Crippen LogP contribution in [0.2, 0.25) is 0 Å². The van der Waals surface area contributed by atoms with Crippen LogP contribution in [-0.4, -0.2) is 24.8 Å². The molecular weight excluding hydrogens is 396 g/mol. The molecule has 0 saturated carbocycles. The Kier molecular flexibility index (Phi) is 6.60. The van der Waals surface area contributed by atoms with Crippen molar-refractivity contribution in [3.63, 3.8) is 0 Å². The highest BCUT2D eigenvalue weighted by Gasteiger charge is 2.36. The van der Waals surface area contributed by atoms with Crippen molar-refractivity contribution in [2.75, 3.05) is 19.5 Å². The second-order valence-electron chi connectivity index (χ2n) is 8.36. The van der Waals surface area contributed by atoms with Crippen LogP contribution in [-0.2, 0) is 11.3 Å². The number of allylic oxidation sites excluding steroid dienone is 2. The van der Waals surface area contributed by atoms with Crippen LogP contribution in [0.25, 0.3) is 0 Å². The summed E-state index contributed by atoms with van der Waals surface area (Å²) in [5.74, 6) is 1.17. The number of nitrogens with zero attached hydrogens (tertiary/aromatic N) is 1. The van der Waals surface area contributed by atoms with E-state index in [4.69, 9.17) is 4.74 Å². The number of benzene rings is 3. The van der Waals surface area contributed by atoms with Crippen molar-refractivity contribution in [3.8, 4) is 5.75 Å². The number of methoxy groups -OCH3 is 1. The first-order valence-corrected chi connectivity index (χ1v) is 11.1. The van der Waals surface area contributed by atoms with E-state index in [0.717, 1.165) is 22.8 Å². The number of anilines is 1. The quantitative estimate of drug-likeness (QED) is 0.515. The van der Waals surface area contributed by atoms with Crippen molar-refractivity contribution < 1.29 is 9.53 Å². The van der Waals surface area contributed by atoms with Gasteiger partial charge >= 0.3 is 0 Å². The van der Waals surface area contributed by atoms with Gasteiger partial charge in [-0.05, 0) is 29.2 Å². The second-order valence-corrected chi connectivity index (χ2v) is 8.36. The molecule has 164 valence electrons. The first-order valence-electron chi connectivity index (χ1n) is 11.1. The molecule has 0 aliphatic heterocycles. The van der Waals surface area contributed by atoms with Gasteiger partial charge in [-0.2, -0.15) is 0 Å². The van der Waals surface area contributed by atoms with E-state index in [2.05, 4.69) is 41.4 Å². The van der Waals surface area contributed by atoms with Crippen molar-refractivity contribution in [2.45, 2.75) is 25.8 Å². The molecule has 0 aromatic heterocycles. The van der Waals surface area contributed by atoms with E-state index in [1.165, 1.54) is 11.1 Å². The standard InChI is InChI=1S/C28H30N2O2/c1-20-23(22-14-8-5-9-15-22)18-25(31)28(30(2)19-21-12-6-4-7-13-21)27(20)29-24-16-10-11-17-26(24)32-3/h4-17,20,23,29H,18-19H2,1-3H3. The molecule has 3 aromatic rings. The molecule has 4 nitrogen and oxygen atoms in total. The minimum absolute atomic E-state index is 0.120. The van der Waals surface area contributed by atoms with E-state index >= 15 is 0 Å². The molecule has 32 heavy (non-hydrogen) atoms. The topological polar surface area (TPSA) is 41.6 Å². The SMILES string of the molecule is COc1ccccc1NC1=C(N(C)Cc2ccccc2)C(=O)CC(c2ccccc2)C1C. The summed E-state index contributed by atoms with van der Waals surface area (Å²) < 4.78 is 5.57. The molecule has 2 unspecified atom stereocenters. The summed E-state index contributed by atoms with van der Waals surface area (Å²) >= 11 is 0. The van der Waals surface area contributed by atoms with Gasteiger partial charge in [-0.15, -0.1) is 0 Å². The summed E-state index contributed by atoms with van der Waals surface area (Å²) in [7, 11) is 3.67. The van der Waals surface area contributed by atoms with E-state index in [9.17, 15) is 4.79 Å². The lowest BCUT2D eigenvalue weighted by molar-refractivity contribution is -0.118. The van der Waals surface area contributed by atoms with Crippen LogP contribution >= 0.6 is 0 Å². The molecular formula is C28H30N2O2. The summed E-state index contributed by atoms with van der Waals surface area (Å²) in [6.07, 6.45) is 0.497. The van der Waals surface area contributed by atoms with Gasteiger partial charge in [-0.3, -0.25) is 4.79 Å². The van der Waals surface area contributed by atoms with Gasteiger partial charge in [0.05, 0.1) is 12.8 Å². The van der Waals surface area contributed by atoms with Gasteiger partial charge in [-0.25, -0.2) is 0 Å².